The Balaban J connectivity index is 2.43. The molecule has 0 amide bonds. The molecule has 1 aromatic carbocycles. The number of hydrogen-bond donors (Lipinski definition) is 1. The second-order valence-corrected chi connectivity index (χ2v) is 5.34. The van der Waals surface area contributed by atoms with E-state index in [1.807, 2.05) is 44.2 Å². The van der Waals surface area contributed by atoms with Crippen molar-refractivity contribution in [1.82, 2.24) is 10.2 Å². The van der Waals surface area contributed by atoms with E-state index in [4.69, 9.17) is 14.7 Å². The molecule has 0 aliphatic heterocycles. The Labute approximate surface area is 146 Å². The lowest BCUT2D eigenvalue weighted by molar-refractivity contribution is 0.276. The molecule has 2 rings (SSSR count). The van der Waals surface area contributed by atoms with E-state index in [9.17, 15) is 4.79 Å². The highest BCUT2D eigenvalue weighted by Crippen LogP contribution is 2.33. The monoisotopic (exact) mass is 339 g/mol. The zero-order valence-electron chi connectivity index (χ0n) is 14.6. The lowest BCUT2D eigenvalue weighted by Crippen LogP contribution is -2.15. The number of hydrogen-bond acceptors (Lipinski definition) is 5. The van der Waals surface area contributed by atoms with Crippen molar-refractivity contribution in [2.45, 2.75) is 27.2 Å². The van der Waals surface area contributed by atoms with Crippen molar-refractivity contribution in [2.75, 3.05) is 13.2 Å². The van der Waals surface area contributed by atoms with Crippen LogP contribution in [0.1, 0.15) is 42.7 Å². The van der Waals surface area contributed by atoms with Gasteiger partial charge in [0.25, 0.3) is 5.56 Å². The minimum atomic E-state index is -0.484. The Kier molecular flexibility index (Phi) is 6.35. The number of benzene rings is 1. The molecular weight excluding hydrogens is 318 g/mol. The fourth-order valence-electron chi connectivity index (χ4n) is 2.31. The first kappa shape index (κ1) is 18.3. The van der Waals surface area contributed by atoms with Gasteiger partial charge in [-0.15, -0.1) is 0 Å². The van der Waals surface area contributed by atoms with Gasteiger partial charge in [0.05, 0.1) is 18.9 Å². The van der Waals surface area contributed by atoms with Crippen LogP contribution < -0.4 is 15.0 Å². The Bertz CT molecular complexity index is 863. The standard InChI is InChI=1S/C19H21N3O3/c1-4-11-25-18-14(7-6-8-17(18)24-5-2)9-10-16-13(3)15(12-20)19(23)22-21-16/h6-10H,4-5,11H2,1-3H3,(H,22,23)/b10-9+. The summed E-state index contributed by atoms with van der Waals surface area (Å²) in [6.07, 6.45) is 4.47. The quantitative estimate of drug-likeness (QED) is 0.836. The van der Waals surface area contributed by atoms with Gasteiger partial charge in [0, 0.05) is 5.56 Å². The number of ether oxygens (including phenoxy) is 2. The molecule has 6 nitrogen and oxygen atoms in total. The highest BCUT2D eigenvalue weighted by molar-refractivity contribution is 5.74. The Hall–Kier alpha value is -3.07. The smallest absolute Gasteiger partial charge is 0.282 e. The second kappa shape index (κ2) is 8.69. The summed E-state index contributed by atoms with van der Waals surface area (Å²) >= 11 is 0. The fraction of sp³-hybridized carbons (Fsp3) is 0.316. The molecule has 0 spiro atoms. The molecule has 0 saturated heterocycles. The van der Waals surface area contributed by atoms with Crippen LogP contribution in [-0.4, -0.2) is 23.4 Å². The summed E-state index contributed by atoms with van der Waals surface area (Å²) in [7, 11) is 0. The van der Waals surface area contributed by atoms with Gasteiger partial charge < -0.3 is 9.47 Å². The normalized spacial score (nSPS) is 10.6. The zero-order chi connectivity index (χ0) is 18.2. The minimum absolute atomic E-state index is 0.0696. The van der Waals surface area contributed by atoms with Gasteiger partial charge in [0.15, 0.2) is 11.5 Å². The molecule has 0 bridgehead atoms. The molecule has 0 saturated carbocycles. The lowest BCUT2D eigenvalue weighted by atomic mass is 10.1. The Morgan fingerprint density at radius 1 is 1.28 bits per heavy atom. The molecule has 0 aliphatic carbocycles. The van der Waals surface area contributed by atoms with Crippen LogP contribution in [0.15, 0.2) is 23.0 Å². The van der Waals surface area contributed by atoms with E-state index in [0.717, 1.165) is 12.0 Å². The van der Waals surface area contributed by atoms with Crippen LogP contribution in [-0.2, 0) is 0 Å². The molecule has 6 heteroatoms. The summed E-state index contributed by atoms with van der Waals surface area (Å²) in [6, 6.07) is 7.57. The Morgan fingerprint density at radius 2 is 2.08 bits per heavy atom. The van der Waals surface area contributed by atoms with Crippen molar-refractivity contribution >= 4 is 12.2 Å². The minimum Gasteiger partial charge on any atom is -0.490 e. The van der Waals surface area contributed by atoms with Gasteiger partial charge >= 0.3 is 0 Å². The summed E-state index contributed by atoms with van der Waals surface area (Å²) in [6.45, 7) is 6.78. The van der Waals surface area contributed by atoms with Gasteiger partial charge in [-0.05, 0) is 44.1 Å². The first-order chi connectivity index (χ1) is 12.1. The van der Waals surface area contributed by atoms with Gasteiger partial charge in [0.1, 0.15) is 11.6 Å². The largest absolute Gasteiger partial charge is 0.490 e. The molecular formula is C19H21N3O3. The third-order valence-electron chi connectivity index (χ3n) is 3.56. The first-order valence-electron chi connectivity index (χ1n) is 8.18. The third-order valence-corrected chi connectivity index (χ3v) is 3.56. The first-order valence-corrected chi connectivity index (χ1v) is 8.18. The maximum atomic E-state index is 11.6. The van der Waals surface area contributed by atoms with Crippen LogP contribution in [0.4, 0.5) is 0 Å². The highest BCUT2D eigenvalue weighted by Gasteiger charge is 2.11. The fourth-order valence-corrected chi connectivity index (χ4v) is 2.31. The maximum Gasteiger partial charge on any atom is 0.282 e. The van der Waals surface area contributed by atoms with Gasteiger partial charge in [0.2, 0.25) is 0 Å². The van der Waals surface area contributed by atoms with Crippen LogP contribution in [0.2, 0.25) is 0 Å². The van der Waals surface area contributed by atoms with Crippen molar-refractivity contribution in [3.63, 3.8) is 0 Å². The van der Waals surface area contributed by atoms with Crippen molar-refractivity contribution in [2.24, 2.45) is 0 Å². The number of aromatic nitrogens is 2. The van der Waals surface area contributed by atoms with Crippen LogP contribution in [0.3, 0.4) is 0 Å². The average molecular weight is 339 g/mol. The number of H-pyrrole nitrogens is 1. The molecule has 1 N–H and O–H groups in total. The summed E-state index contributed by atoms with van der Waals surface area (Å²) < 4.78 is 11.5. The number of aromatic amines is 1. The van der Waals surface area contributed by atoms with E-state index in [-0.39, 0.29) is 5.56 Å². The van der Waals surface area contributed by atoms with Crippen molar-refractivity contribution in [3.8, 4) is 17.6 Å². The molecule has 0 radical (unpaired) electrons. The number of rotatable bonds is 7. The predicted molar refractivity (Wildman–Crippen MR) is 96.6 cm³/mol. The van der Waals surface area contributed by atoms with Crippen LogP contribution in [0, 0.1) is 18.3 Å². The van der Waals surface area contributed by atoms with Gasteiger partial charge in [-0.2, -0.15) is 10.4 Å². The summed E-state index contributed by atoms with van der Waals surface area (Å²) in [5.41, 5.74) is 1.49. The Morgan fingerprint density at radius 3 is 2.76 bits per heavy atom. The molecule has 0 fully saturated rings. The van der Waals surface area contributed by atoms with Crippen LogP contribution in [0.5, 0.6) is 11.5 Å². The number of para-hydroxylation sites is 1. The SMILES string of the molecule is CCCOc1c(/C=C/c2n[nH]c(=O)c(C#N)c2C)cccc1OCC. The van der Waals surface area contributed by atoms with Crippen LogP contribution in [0.25, 0.3) is 12.2 Å². The van der Waals surface area contributed by atoms with E-state index in [2.05, 4.69) is 10.2 Å². The zero-order valence-corrected chi connectivity index (χ0v) is 14.6. The van der Waals surface area contributed by atoms with Gasteiger partial charge in [-0.25, -0.2) is 5.10 Å². The van der Waals surface area contributed by atoms with E-state index < -0.39 is 5.56 Å². The van der Waals surface area contributed by atoms with E-state index in [1.54, 1.807) is 13.0 Å². The molecule has 0 aliphatic rings. The van der Waals surface area contributed by atoms with Crippen LogP contribution >= 0.6 is 0 Å². The van der Waals surface area contributed by atoms with E-state index in [1.165, 1.54) is 0 Å². The molecule has 25 heavy (non-hydrogen) atoms. The van der Waals surface area contributed by atoms with Gasteiger partial charge in [-0.1, -0.05) is 19.1 Å². The second-order valence-electron chi connectivity index (χ2n) is 5.34. The van der Waals surface area contributed by atoms with E-state index in [0.29, 0.717) is 36.0 Å². The molecule has 0 unspecified atom stereocenters. The summed E-state index contributed by atoms with van der Waals surface area (Å²) in [5.74, 6) is 1.35. The topological polar surface area (TPSA) is 88.0 Å². The number of nitrogens with one attached hydrogen (secondary N) is 1. The molecule has 130 valence electrons. The van der Waals surface area contributed by atoms with Crippen molar-refractivity contribution < 1.29 is 9.47 Å². The predicted octanol–water partition coefficient (Wildman–Crippen LogP) is 3.31. The maximum absolute atomic E-state index is 11.6. The van der Waals surface area contributed by atoms with Crippen molar-refractivity contribution in [1.29, 1.82) is 5.26 Å². The average Bonchev–Trinajstić information content (AvgIpc) is 2.61. The van der Waals surface area contributed by atoms with Crippen molar-refractivity contribution in [3.05, 3.63) is 50.9 Å². The van der Waals surface area contributed by atoms with E-state index >= 15 is 0 Å². The number of nitriles is 1. The van der Waals surface area contributed by atoms with Gasteiger partial charge in [-0.3, -0.25) is 4.79 Å². The summed E-state index contributed by atoms with van der Waals surface area (Å²) in [5, 5.41) is 15.4. The molecule has 0 atom stereocenters. The lowest BCUT2D eigenvalue weighted by Gasteiger charge is -2.14. The number of nitrogens with zero attached hydrogens (tertiary/aromatic N) is 2. The molecule has 1 heterocycles. The highest BCUT2D eigenvalue weighted by atomic mass is 16.5. The third kappa shape index (κ3) is 4.27. The summed E-state index contributed by atoms with van der Waals surface area (Å²) in [4.78, 5) is 11.6. The molecule has 2 aromatic rings. The molecule has 1 aromatic heterocycles.